The van der Waals surface area contributed by atoms with Gasteiger partial charge in [-0.1, -0.05) is 13.8 Å². The molecule has 1 aromatic carbocycles. The zero-order chi connectivity index (χ0) is 21.3. The molecule has 0 spiro atoms. The number of amides is 1. The van der Waals surface area contributed by atoms with E-state index in [1.165, 1.54) is 51.8 Å². The zero-order valence-electron chi connectivity index (χ0n) is 17.0. The number of thiophene rings is 1. The first-order valence-electron chi connectivity index (χ1n) is 10.1. The number of aryl methyl sites for hydroxylation is 2. The van der Waals surface area contributed by atoms with Crippen LogP contribution in [0.1, 0.15) is 47.5 Å². The summed E-state index contributed by atoms with van der Waals surface area (Å²) < 4.78 is 26.6. The summed E-state index contributed by atoms with van der Waals surface area (Å²) >= 11 is 1.67. The minimum Gasteiger partial charge on any atom is -0.306 e. The fraction of sp³-hybridized carbons (Fsp3) is 0.381. The molecular weight excluding hydrogens is 420 g/mol. The van der Waals surface area contributed by atoms with Crippen molar-refractivity contribution in [1.29, 1.82) is 0 Å². The predicted molar refractivity (Wildman–Crippen MR) is 119 cm³/mol. The quantitative estimate of drug-likeness (QED) is 0.623. The fourth-order valence-corrected chi connectivity index (χ4v) is 6.54. The topological polar surface area (TPSA) is 92.3 Å². The van der Waals surface area contributed by atoms with E-state index in [0.717, 1.165) is 29.5 Å². The highest BCUT2D eigenvalue weighted by Gasteiger charge is 2.23. The molecule has 0 atom stereocenters. The van der Waals surface area contributed by atoms with E-state index in [-0.39, 0.29) is 10.8 Å². The van der Waals surface area contributed by atoms with Crippen molar-refractivity contribution in [2.45, 2.75) is 44.4 Å². The minimum absolute atomic E-state index is 0.180. The van der Waals surface area contributed by atoms with Crippen LogP contribution >= 0.6 is 11.3 Å². The van der Waals surface area contributed by atoms with Crippen LogP contribution in [-0.2, 0) is 22.9 Å². The van der Waals surface area contributed by atoms with Gasteiger partial charge in [0.25, 0.3) is 5.91 Å². The maximum absolute atomic E-state index is 12.8. The SMILES string of the molecule is CCN(CC)S(=O)(=O)c1ccc(C(=O)Nc2ncnc3sc4c(c23)CCCC4)cc1. The molecule has 158 valence electrons. The number of aromatic nitrogens is 2. The van der Waals surface area contributed by atoms with Crippen molar-refractivity contribution in [3.63, 3.8) is 0 Å². The van der Waals surface area contributed by atoms with Gasteiger partial charge in [0, 0.05) is 23.5 Å². The highest BCUT2D eigenvalue weighted by molar-refractivity contribution is 7.89. The Hall–Kier alpha value is -2.36. The van der Waals surface area contributed by atoms with Crippen LogP contribution in [0.3, 0.4) is 0 Å². The molecule has 3 aromatic rings. The average Bonchev–Trinajstić information content (AvgIpc) is 3.14. The molecule has 0 radical (unpaired) electrons. The Morgan fingerprint density at radius 2 is 1.80 bits per heavy atom. The maximum Gasteiger partial charge on any atom is 0.256 e. The molecular formula is C21H24N4O3S2. The Balaban J connectivity index is 1.60. The summed E-state index contributed by atoms with van der Waals surface area (Å²) in [7, 11) is -3.55. The number of rotatable bonds is 6. The molecule has 0 aliphatic heterocycles. The Morgan fingerprint density at radius 1 is 1.10 bits per heavy atom. The average molecular weight is 445 g/mol. The number of nitrogens with zero attached hydrogens (tertiary/aromatic N) is 3. The molecule has 9 heteroatoms. The third-order valence-corrected chi connectivity index (χ3v) is 8.71. The number of carbonyl (C=O) groups excluding carboxylic acids is 1. The van der Waals surface area contributed by atoms with E-state index in [9.17, 15) is 13.2 Å². The third-order valence-electron chi connectivity index (χ3n) is 5.44. The van der Waals surface area contributed by atoms with E-state index >= 15 is 0 Å². The maximum atomic E-state index is 12.8. The van der Waals surface area contributed by atoms with Gasteiger partial charge >= 0.3 is 0 Å². The van der Waals surface area contributed by atoms with Gasteiger partial charge in [-0.05, 0) is 55.5 Å². The summed E-state index contributed by atoms with van der Waals surface area (Å²) in [6.45, 7) is 4.40. The summed E-state index contributed by atoms with van der Waals surface area (Å²) in [5, 5.41) is 3.83. The molecule has 0 unspecified atom stereocenters. The highest BCUT2D eigenvalue weighted by Crippen LogP contribution is 2.38. The first kappa shape index (κ1) is 20.9. The van der Waals surface area contributed by atoms with Gasteiger partial charge in [0.1, 0.15) is 17.0 Å². The number of benzene rings is 1. The van der Waals surface area contributed by atoms with E-state index in [4.69, 9.17) is 0 Å². The molecule has 7 nitrogen and oxygen atoms in total. The standard InChI is InChI=1S/C21H24N4O3S2/c1-3-25(4-2)30(27,28)15-11-9-14(10-12-15)20(26)24-19-18-16-7-5-6-8-17(16)29-21(18)23-13-22-19/h9-13H,3-8H2,1-2H3,(H,22,23,24,26). The van der Waals surface area contributed by atoms with Crippen LogP contribution in [0.4, 0.5) is 5.82 Å². The Bertz CT molecular complexity index is 1180. The highest BCUT2D eigenvalue weighted by atomic mass is 32.2. The second-order valence-corrected chi connectivity index (χ2v) is 10.2. The van der Waals surface area contributed by atoms with Crippen molar-refractivity contribution < 1.29 is 13.2 Å². The normalized spacial score (nSPS) is 14.1. The lowest BCUT2D eigenvalue weighted by atomic mass is 9.97. The molecule has 1 aliphatic rings. The van der Waals surface area contributed by atoms with Crippen LogP contribution in [0.2, 0.25) is 0 Å². The molecule has 1 N–H and O–H groups in total. The molecule has 4 rings (SSSR count). The van der Waals surface area contributed by atoms with E-state index < -0.39 is 10.0 Å². The van der Waals surface area contributed by atoms with Crippen molar-refractivity contribution in [3.8, 4) is 0 Å². The molecule has 0 fully saturated rings. The first-order valence-corrected chi connectivity index (χ1v) is 12.4. The van der Waals surface area contributed by atoms with Gasteiger partial charge in [-0.2, -0.15) is 4.31 Å². The summed E-state index contributed by atoms with van der Waals surface area (Å²) in [6, 6.07) is 6.02. The molecule has 30 heavy (non-hydrogen) atoms. The molecule has 1 aliphatic carbocycles. The van der Waals surface area contributed by atoms with Gasteiger partial charge in [-0.25, -0.2) is 18.4 Å². The van der Waals surface area contributed by atoms with E-state index in [2.05, 4.69) is 15.3 Å². The zero-order valence-corrected chi connectivity index (χ0v) is 18.6. The second kappa shape index (κ2) is 8.41. The number of hydrogen-bond donors (Lipinski definition) is 1. The number of nitrogens with one attached hydrogen (secondary N) is 1. The van der Waals surface area contributed by atoms with Gasteiger partial charge in [0.2, 0.25) is 10.0 Å². The summed E-state index contributed by atoms with van der Waals surface area (Å²) in [6.07, 6.45) is 5.80. The van der Waals surface area contributed by atoms with Crippen LogP contribution in [0, 0.1) is 0 Å². The van der Waals surface area contributed by atoms with Crippen molar-refractivity contribution in [2.24, 2.45) is 0 Å². The summed E-state index contributed by atoms with van der Waals surface area (Å²) in [4.78, 5) is 23.9. The molecule has 2 aromatic heterocycles. The first-order chi connectivity index (χ1) is 14.5. The minimum atomic E-state index is -3.55. The number of fused-ring (bicyclic) bond motifs is 3. The van der Waals surface area contributed by atoms with Gasteiger partial charge in [-0.3, -0.25) is 4.79 Å². The van der Waals surface area contributed by atoms with Crippen molar-refractivity contribution in [3.05, 3.63) is 46.6 Å². The number of sulfonamides is 1. The van der Waals surface area contributed by atoms with Crippen LogP contribution in [0.5, 0.6) is 0 Å². The van der Waals surface area contributed by atoms with Crippen molar-refractivity contribution in [1.82, 2.24) is 14.3 Å². The van der Waals surface area contributed by atoms with Gasteiger partial charge in [0.05, 0.1) is 10.3 Å². The predicted octanol–water partition coefficient (Wildman–Crippen LogP) is 3.85. The third kappa shape index (κ3) is 3.73. The van der Waals surface area contributed by atoms with Gasteiger partial charge in [-0.15, -0.1) is 11.3 Å². The van der Waals surface area contributed by atoms with E-state index in [1.807, 2.05) is 0 Å². The molecule has 2 heterocycles. The second-order valence-electron chi connectivity index (χ2n) is 7.18. The molecule has 0 saturated heterocycles. The number of anilines is 1. The summed E-state index contributed by atoms with van der Waals surface area (Å²) in [5.74, 6) is 0.196. The smallest absolute Gasteiger partial charge is 0.256 e. The van der Waals surface area contributed by atoms with Crippen LogP contribution in [0.15, 0.2) is 35.5 Å². The molecule has 0 bridgehead atoms. The van der Waals surface area contributed by atoms with Gasteiger partial charge in [0.15, 0.2) is 0 Å². The lowest BCUT2D eigenvalue weighted by Crippen LogP contribution is -2.30. The Morgan fingerprint density at radius 3 is 2.50 bits per heavy atom. The Labute approximate surface area is 180 Å². The monoisotopic (exact) mass is 444 g/mol. The Kier molecular flexibility index (Phi) is 5.86. The lowest BCUT2D eigenvalue weighted by molar-refractivity contribution is 0.102. The summed E-state index contributed by atoms with van der Waals surface area (Å²) in [5.41, 5.74) is 1.63. The van der Waals surface area contributed by atoms with Crippen molar-refractivity contribution in [2.75, 3.05) is 18.4 Å². The largest absolute Gasteiger partial charge is 0.306 e. The number of carbonyl (C=O) groups is 1. The van der Waals surface area contributed by atoms with E-state index in [1.54, 1.807) is 25.2 Å². The van der Waals surface area contributed by atoms with Crippen LogP contribution in [-0.4, -0.2) is 41.7 Å². The lowest BCUT2D eigenvalue weighted by Gasteiger charge is -2.18. The van der Waals surface area contributed by atoms with Gasteiger partial charge < -0.3 is 5.32 Å². The molecule has 0 saturated carbocycles. The van der Waals surface area contributed by atoms with Crippen LogP contribution in [0.25, 0.3) is 10.2 Å². The van der Waals surface area contributed by atoms with E-state index in [0.29, 0.717) is 24.5 Å². The fourth-order valence-electron chi connectivity index (χ4n) is 3.86. The van der Waals surface area contributed by atoms with Crippen molar-refractivity contribution >= 4 is 43.3 Å². The van der Waals surface area contributed by atoms with Crippen LogP contribution < -0.4 is 5.32 Å². The number of hydrogen-bond acceptors (Lipinski definition) is 6. The molecule has 1 amide bonds.